The normalized spacial score (nSPS) is 12.2. The highest BCUT2D eigenvalue weighted by Crippen LogP contribution is 2.24. The van der Waals surface area contributed by atoms with Gasteiger partial charge in [0.25, 0.3) is 0 Å². The van der Waals surface area contributed by atoms with E-state index in [1.54, 1.807) is 13.1 Å². The van der Waals surface area contributed by atoms with Crippen LogP contribution in [0, 0.1) is 6.92 Å². The minimum Gasteiger partial charge on any atom is -0.387 e. The summed E-state index contributed by atoms with van der Waals surface area (Å²) in [5.41, 5.74) is 4.05. The molecule has 3 nitrogen and oxygen atoms in total. The van der Waals surface area contributed by atoms with Crippen molar-refractivity contribution in [1.82, 2.24) is 4.98 Å². The van der Waals surface area contributed by atoms with Crippen LogP contribution in [-0.2, 0) is 0 Å². The number of anilines is 2. The van der Waals surface area contributed by atoms with E-state index < -0.39 is 6.10 Å². The van der Waals surface area contributed by atoms with E-state index in [-0.39, 0.29) is 0 Å². The molecule has 18 heavy (non-hydrogen) atoms. The first-order valence-corrected chi connectivity index (χ1v) is 6.02. The maximum Gasteiger partial charge on any atom is 0.0931 e. The highest BCUT2D eigenvalue weighted by atomic mass is 16.3. The number of aliphatic hydroxyl groups is 1. The molecule has 1 aromatic carbocycles. The van der Waals surface area contributed by atoms with E-state index in [1.165, 1.54) is 5.56 Å². The van der Waals surface area contributed by atoms with Gasteiger partial charge in [-0.15, -0.1) is 0 Å². The van der Waals surface area contributed by atoms with Crippen LogP contribution in [0.2, 0.25) is 0 Å². The van der Waals surface area contributed by atoms with E-state index in [4.69, 9.17) is 0 Å². The molecule has 0 aliphatic rings. The summed E-state index contributed by atoms with van der Waals surface area (Å²) in [4.78, 5) is 6.33. The van der Waals surface area contributed by atoms with Gasteiger partial charge in [-0.1, -0.05) is 12.1 Å². The maximum absolute atomic E-state index is 9.43. The molecule has 0 unspecified atom stereocenters. The van der Waals surface area contributed by atoms with Gasteiger partial charge >= 0.3 is 0 Å². The second-order valence-corrected chi connectivity index (χ2v) is 4.52. The van der Waals surface area contributed by atoms with Crippen molar-refractivity contribution >= 4 is 11.4 Å². The summed E-state index contributed by atoms with van der Waals surface area (Å²) in [7, 11) is 2.01. The van der Waals surface area contributed by atoms with Crippen LogP contribution in [0.5, 0.6) is 0 Å². The lowest BCUT2D eigenvalue weighted by molar-refractivity contribution is 0.194. The third-order valence-electron chi connectivity index (χ3n) is 2.98. The molecule has 0 fully saturated rings. The van der Waals surface area contributed by atoms with Crippen molar-refractivity contribution in [3.05, 3.63) is 53.9 Å². The molecule has 1 atom stereocenters. The van der Waals surface area contributed by atoms with Gasteiger partial charge in [-0.3, -0.25) is 4.98 Å². The van der Waals surface area contributed by atoms with Crippen LogP contribution < -0.4 is 4.90 Å². The van der Waals surface area contributed by atoms with Crippen LogP contribution in [0.4, 0.5) is 11.4 Å². The van der Waals surface area contributed by atoms with Gasteiger partial charge < -0.3 is 10.0 Å². The fourth-order valence-corrected chi connectivity index (χ4v) is 1.83. The third-order valence-corrected chi connectivity index (χ3v) is 2.98. The second kappa shape index (κ2) is 5.19. The summed E-state index contributed by atoms with van der Waals surface area (Å²) < 4.78 is 0. The standard InChI is InChI=1S/C15H18N2O/c1-11-5-4-6-13(9-11)17(3)14-7-8-15(12(2)18)16-10-14/h4-10,12,18H,1-3H3/t12-/m1/s1. The Bertz CT molecular complexity index is 520. The molecule has 3 heteroatoms. The van der Waals surface area contributed by atoms with E-state index in [2.05, 4.69) is 35.0 Å². The molecule has 1 heterocycles. The zero-order valence-electron chi connectivity index (χ0n) is 11.0. The molecule has 2 rings (SSSR count). The summed E-state index contributed by atoms with van der Waals surface area (Å²) in [5, 5.41) is 9.43. The predicted molar refractivity (Wildman–Crippen MR) is 74.1 cm³/mol. The van der Waals surface area contributed by atoms with E-state index in [0.717, 1.165) is 11.4 Å². The van der Waals surface area contributed by atoms with Crippen LogP contribution >= 0.6 is 0 Å². The van der Waals surface area contributed by atoms with Crippen LogP contribution in [0.15, 0.2) is 42.6 Å². The lowest BCUT2D eigenvalue weighted by Crippen LogP contribution is -2.10. The molecule has 0 aliphatic heterocycles. The van der Waals surface area contributed by atoms with Crippen molar-refractivity contribution in [2.75, 3.05) is 11.9 Å². The summed E-state index contributed by atoms with van der Waals surface area (Å²) in [6, 6.07) is 12.1. The summed E-state index contributed by atoms with van der Waals surface area (Å²) in [6.45, 7) is 3.79. The molecule has 0 spiro atoms. The van der Waals surface area contributed by atoms with Crippen molar-refractivity contribution in [2.24, 2.45) is 0 Å². The number of aromatic nitrogens is 1. The van der Waals surface area contributed by atoms with E-state index in [9.17, 15) is 5.11 Å². The van der Waals surface area contributed by atoms with Crippen molar-refractivity contribution in [1.29, 1.82) is 0 Å². The van der Waals surface area contributed by atoms with Crippen LogP contribution in [0.1, 0.15) is 24.3 Å². The quantitative estimate of drug-likeness (QED) is 0.897. The first-order chi connectivity index (χ1) is 8.58. The average Bonchev–Trinajstić information content (AvgIpc) is 2.38. The highest BCUT2D eigenvalue weighted by Gasteiger charge is 2.06. The molecular weight excluding hydrogens is 224 g/mol. The molecule has 2 aromatic rings. The summed E-state index contributed by atoms with van der Waals surface area (Å²) >= 11 is 0. The molecule has 0 radical (unpaired) electrons. The second-order valence-electron chi connectivity index (χ2n) is 4.52. The number of nitrogens with zero attached hydrogens (tertiary/aromatic N) is 2. The van der Waals surface area contributed by atoms with Crippen LogP contribution in [0.25, 0.3) is 0 Å². The van der Waals surface area contributed by atoms with Crippen molar-refractivity contribution in [3.63, 3.8) is 0 Å². The molecule has 1 N–H and O–H groups in total. The Kier molecular flexibility index (Phi) is 3.63. The zero-order chi connectivity index (χ0) is 13.1. The molecule has 0 saturated heterocycles. The molecule has 0 amide bonds. The van der Waals surface area contributed by atoms with Crippen LogP contribution in [-0.4, -0.2) is 17.1 Å². The SMILES string of the molecule is Cc1cccc(N(C)c2ccc([C@@H](C)O)nc2)c1. The Morgan fingerprint density at radius 3 is 2.50 bits per heavy atom. The van der Waals surface area contributed by atoms with Gasteiger partial charge in [-0.25, -0.2) is 0 Å². The Labute approximate surface area is 108 Å². The first-order valence-electron chi connectivity index (χ1n) is 6.02. The lowest BCUT2D eigenvalue weighted by Gasteiger charge is -2.20. The Morgan fingerprint density at radius 2 is 1.94 bits per heavy atom. The summed E-state index contributed by atoms with van der Waals surface area (Å²) in [5.74, 6) is 0. The van der Waals surface area contributed by atoms with E-state index in [1.807, 2.05) is 25.2 Å². The van der Waals surface area contributed by atoms with Gasteiger partial charge in [0, 0.05) is 12.7 Å². The highest BCUT2D eigenvalue weighted by molar-refractivity contribution is 5.62. The van der Waals surface area contributed by atoms with Gasteiger partial charge in [-0.05, 0) is 43.7 Å². The summed E-state index contributed by atoms with van der Waals surface area (Å²) in [6.07, 6.45) is 1.26. The maximum atomic E-state index is 9.43. The van der Waals surface area contributed by atoms with Crippen LogP contribution in [0.3, 0.4) is 0 Å². The lowest BCUT2D eigenvalue weighted by atomic mass is 10.2. The molecular formula is C15H18N2O. The Balaban J connectivity index is 2.26. The van der Waals surface area contributed by atoms with E-state index in [0.29, 0.717) is 5.69 Å². The number of hydrogen-bond acceptors (Lipinski definition) is 3. The van der Waals surface area contributed by atoms with Crippen molar-refractivity contribution in [3.8, 4) is 0 Å². The molecule has 0 saturated carbocycles. The largest absolute Gasteiger partial charge is 0.387 e. The van der Waals surface area contributed by atoms with Crippen molar-refractivity contribution < 1.29 is 5.11 Å². The number of pyridine rings is 1. The molecule has 1 aromatic heterocycles. The first kappa shape index (κ1) is 12.6. The number of rotatable bonds is 3. The van der Waals surface area contributed by atoms with Gasteiger partial charge in [-0.2, -0.15) is 0 Å². The molecule has 0 bridgehead atoms. The number of benzene rings is 1. The van der Waals surface area contributed by atoms with E-state index >= 15 is 0 Å². The fraction of sp³-hybridized carbons (Fsp3) is 0.267. The van der Waals surface area contributed by atoms with Crippen molar-refractivity contribution in [2.45, 2.75) is 20.0 Å². The predicted octanol–water partition coefficient (Wildman–Crippen LogP) is 3.21. The third kappa shape index (κ3) is 2.68. The smallest absolute Gasteiger partial charge is 0.0931 e. The average molecular weight is 242 g/mol. The zero-order valence-corrected chi connectivity index (χ0v) is 11.0. The topological polar surface area (TPSA) is 36.4 Å². The van der Waals surface area contributed by atoms with Gasteiger partial charge in [0.1, 0.15) is 0 Å². The van der Waals surface area contributed by atoms with Gasteiger partial charge in [0.2, 0.25) is 0 Å². The molecule has 94 valence electrons. The van der Waals surface area contributed by atoms with Gasteiger partial charge in [0.05, 0.1) is 23.7 Å². The monoisotopic (exact) mass is 242 g/mol. The minimum atomic E-state index is -0.525. The van der Waals surface area contributed by atoms with Gasteiger partial charge in [0.15, 0.2) is 0 Å². The number of aryl methyl sites for hydroxylation is 1. The number of hydrogen-bond donors (Lipinski definition) is 1. The number of aliphatic hydroxyl groups excluding tert-OH is 1. The Morgan fingerprint density at radius 1 is 1.17 bits per heavy atom. The fourth-order valence-electron chi connectivity index (χ4n) is 1.83. The Hall–Kier alpha value is -1.87. The minimum absolute atomic E-state index is 0.525. The molecule has 0 aliphatic carbocycles.